The number of aliphatic imine (C=N–C) groups is 1. The average Bonchev–Trinajstić information content (AvgIpc) is 2.84. The van der Waals surface area contributed by atoms with Crippen LogP contribution in [-0.4, -0.2) is 19.0 Å². The molecule has 0 spiro atoms. The van der Waals surface area contributed by atoms with Crippen LogP contribution >= 0.6 is 35.3 Å². The van der Waals surface area contributed by atoms with Gasteiger partial charge in [-0.15, -0.1) is 35.3 Å². The largest absolute Gasteiger partial charge is 0.357 e. The smallest absolute Gasteiger partial charge is 0.191 e. The molecule has 0 amide bonds. The molecule has 1 rings (SSSR count). The monoisotopic (exact) mass is 395 g/mol. The van der Waals surface area contributed by atoms with Gasteiger partial charge in [-0.1, -0.05) is 19.9 Å². The summed E-state index contributed by atoms with van der Waals surface area (Å²) in [6.45, 7) is 9.27. The highest BCUT2D eigenvalue weighted by Gasteiger charge is 1.98. The molecule has 0 aliphatic carbocycles. The van der Waals surface area contributed by atoms with Crippen LogP contribution in [0, 0.1) is 5.92 Å². The lowest BCUT2D eigenvalue weighted by atomic mass is 10.1. The molecule has 0 unspecified atom stereocenters. The topological polar surface area (TPSA) is 36.4 Å². The summed E-state index contributed by atoms with van der Waals surface area (Å²) in [5, 5.41) is 8.75. The van der Waals surface area contributed by atoms with E-state index in [1.54, 1.807) is 11.3 Å². The Kier molecular flexibility index (Phi) is 11.3. The van der Waals surface area contributed by atoms with Crippen molar-refractivity contribution in [2.75, 3.05) is 13.1 Å². The van der Waals surface area contributed by atoms with Gasteiger partial charge >= 0.3 is 0 Å². The van der Waals surface area contributed by atoms with Gasteiger partial charge in [-0.2, -0.15) is 0 Å². The lowest BCUT2D eigenvalue weighted by Gasteiger charge is -2.11. The number of thiophene rings is 1. The third-order valence-corrected chi connectivity index (χ3v) is 3.43. The molecule has 0 radical (unpaired) electrons. The maximum atomic E-state index is 4.58. The summed E-state index contributed by atoms with van der Waals surface area (Å²) in [4.78, 5) is 5.88. The number of halogens is 1. The number of hydrogen-bond acceptors (Lipinski definition) is 2. The van der Waals surface area contributed by atoms with Gasteiger partial charge in [-0.05, 0) is 37.1 Å². The van der Waals surface area contributed by atoms with Crippen molar-refractivity contribution in [1.82, 2.24) is 10.6 Å². The van der Waals surface area contributed by atoms with E-state index < -0.39 is 0 Å². The Labute approximate surface area is 138 Å². The maximum Gasteiger partial charge on any atom is 0.191 e. The molecule has 0 saturated heterocycles. The van der Waals surface area contributed by atoms with E-state index in [0.717, 1.165) is 31.5 Å². The van der Waals surface area contributed by atoms with E-state index in [1.165, 1.54) is 17.7 Å². The van der Waals surface area contributed by atoms with Crippen LogP contribution in [0.4, 0.5) is 0 Å². The fraction of sp³-hybridized carbons (Fsp3) is 0.643. The van der Waals surface area contributed by atoms with Crippen LogP contribution < -0.4 is 10.6 Å². The first-order valence-electron chi connectivity index (χ1n) is 6.77. The minimum atomic E-state index is 0. The first-order valence-corrected chi connectivity index (χ1v) is 7.65. The van der Waals surface area contributed by atoms with Crippen LogP contribution in [0.15, 0.2) is 22.5 Å². The highest BCUT2D eigenvalue weighted by atomic mass is 127. The van der Waals surface area contributed by atoms with Crippen molar-refractivity contribution in [1.29, 1.82) is 0 Å². The van der Waals surface area contributed by atoms with Crippen LogP contribution in [-0.2, 0) is 6.54 Å². The molecule has 110 valence electrons. The van der Waals surface area contributed by atoms with Crippen molar-refractivity contribution in [3.63, 3.8) is 0 Å². The van der Waals surface area contributed by atoms with Gasteiger partial charge in [0.25, 0.3) is 0 Å². The van der Waals surface area contributed by atoms with Crippen molar-refractivity contribution in [2.24, 2.45) is 10.9 Å². The Morgan fingerprint density at radius 3 is 2.74 bits per heavy atom. The summed E-state index contributed by atoms with van der Waals surface area (Å²) in [5.41, 5.74) is 0. The molecule has 1 aromatic rings. The summed E-state index contributed by atoms with van der Waals surface area (Å²) in [7, 11) is 0. The van der Waals surface area contributed by atoms with Crippen molar-refractivity contribution in [2.45, 2.75) is 40.2 Å². The summed E-state index contributed by atoms with van der Waals surface area (Å²) < 4.78 is 0. The van der Waals surface area contributed by atoms with E-state index in [-0.39, 0.29) is 24.0 Å². The Morgan fingerprint density at radius 1 is 1.37 bits per heavy atom. The number of guanidine groups is 1. The Morgan fingerprint density at radius 2 is 2.16 bits per heavy atom. The first kappa shape index (κ1) is 18.7. The molecule has 1 aromatic heterocycles. The van der Waals surface area contributed by atoms with Gasteiger partial charge in [0.15, 0.2) is 5.96 Å². The highest BCUT2D eigenvalue weighted by Crippen LogP contribution is 2.09. The van der Waals surface area contributed by atoms with Crippen molar-refractivity contribution >= 4 is 41.3 Å². The predicted octanol–water partition coefficient (Wildman–Crippen LogP) is 3.86. The van der Waals surface area contributed by atoms with E-state index in [1.807, 2.05) is 0 Å². The van der Waals surface area contributed by atoms with Gasteiger partial charge in [0, 0.05) is 18.0 Å². The quantitative estimate of drug-likeness (QED) is 0.318. The zero-order valence-corrected chi connectivity index (χ0v) is 15.3. The molecule has 0 bridgehead atoms. The molecule has 0 fully saturated rings. The van der Waals surface area contributed by atoms with E-state index in [2.05, 4.69) is 53.9 Å². The molecule has 0 aromatic carbocycles. The third kappa shape index (κ3) is 9.27. The molecule has 1 heterocycles. The SMILES string of the molecule is CCNC(=NCc1cccs1)NCCCC(C)C.I. The Hall–Kier alpha value is -0.300. The lowest BCUT2D eigenvalue weighted by molar-refractivity contribution is 0.549. The minimum Gasteiger partial charge on any atom is -0.357 e. The van der Waals surface area contributed by atoms with Crippen molar-refractivity contribution in [3.05, 3.63) is 22.4 Å². The van der Waals surface area contributed by atoms with Crippen LogP contribution in [0.3, 0.4) is 0 Å². The summed E-state index contributed by atoms with van der Waals surface area (Å²) >= 11 is 1.75. The first-order chi connectivity index (χ1) is 8.72. The average molecular weight is 395 g/mol. The summed E-state index contributed by atoms with van der Waals surface area (Å²) in [6, 6.07) is 4.19. The standard InChI is InChI=1S/C14H25N3S.HI/c1-4-15-14(16-9-5-7-12(2)3)17-11-13-8-6-10-18-13;/h6,8,10,12H,4-5,7,9,11H2,1-3H3,(H2,15,16,17);1H. The molecule has 0 aliphatic heterocycles. The fourth-order valence-electron chi connectivity index (χ4n) is 1.62. The van der Waals surface area contributed by atoms with Crippen LogP contribution in [0.2, 0.25) is 0 Å². The zero-order chi connectivity index (χ0) is 13.2. The Bertz CT molecular complexity index is 336. The zero-order valence-electron chi connectivity index (χ0n) is 12.1. The second-order valence-electron chi connectivity index (χ2n) is 4.74. The highest BCUT2D eigenvalue weighted by molar-refractivity contribution is 14.0. The van der Waals surface area contributed by atoms with E-state index in [0.29, 0.717) is 0 Å². The van der Waals surface area contributed by atoms with Gasteiger partial charge < -0.3 is 10.6 Å². The molecular formula is C14H26IN3S. The second kappa shape index (κ2) is 11.5. The van der Waals surface area contributed by atoms with Gasteiger partial charge in [0.1, 0.15) is 0 Å². The normalized spacial score (nSPS) is 11.3. The molecule has 2 N–H and O–H groups in total. The van der Waals surface area contributed by atoms with E-state index in [4.69, 9.17) is 0 Å². The molecule has 0 saturated carbocycles. The summed E-state index contributed by atoms with van der Waals surface area (Å²) in [5.74, 6) is 1.70. The molecule has 3 nitrogen and oxygen atoms in total. The van der Waals surface area contributed by atoms with Crippen molar-refractivity contribution < 1.29 is 0 Å². The fourth-order valence-corrected chi connectivity index (χ4v) is 2.25. The molecule has 0 atom stereocenters. The molecule has 5 heteroatoms. The number of rotatable bonds is 7. The van der Waals surface area contributed by atoms with Crippen LogP contribution in [0.25, 0.3) is 0 Å². The summed E-state index contributed by atoms with van der Waals surface area (Å²) in [6.07, 6.45) is 2.46. The van der Waals surface area contributed by atoms with Gasteiger partial charge in [0.05, 0.1) is 6.54 Å². The third-order valence-electron chi connectivity index (χ3n) is 2.57. The number of nitrogens with one attached hydrogen (secondary N) is 2. The number of nitrogens with zero attached hydrogens (tertiary/aromatic N) is 1. The second-order valence-corrected chi connectivity index (χ2v) is 5.77. The maximum absolute atomic E-state index is 4.58. The molecule has 0 aliphatic rings. The van der Waals surface area contributed by atoms with Crippen LogP contribution in [0.1, 0.15) is 38.5 Å². The minimum absolute atomic E-state index is 0. The van der Waals surface area contributed by atoms with Gasteiger partial charge in [0.2, 0.25) is 0 Å². The van der Waals surface area contributed by atoms with Gasteiger partial charge in [-0.25, -0.2) is 4.99 Å². The van der Waals surface area contributed by atoms with E-state index in [9.17, 15) is 0 Å². The molecule has 19 heavy (non-hydrogen) atoms. The van der Waals surface area contributed by atoms with Crippen LogP contribution in [0.5, 0.6) is 0 Å². The van der Waals surface area contributed by atoms with E-state index >= 15 is 0 Å². The molecular weight excluding hydrogens is 369 g/mol. The van der Waals surface area contributed by atoms with Crippen molar-refractivity contribution in [3.8, 4) is 0 Å². The Balaban J connectivity index is 0.00000324. The number of hydrogen-bond donors (Lipinski definition) is 2. The lowest BCUT2D eigenvalue weighted by Crippen LogP contribution is -2.37. The predicted molar refractivity (Wildman–Crippen MR) is 96.6 cm³/mol. The van der Waals surface area contributed by atoms with Gasteiger partial charge in [-0.3, -0.25) is 0 Å².